The lowest BCUT2D eigenvalue weighted by Gasteiger charge is -2.32. The van der Waals surface area contributed by atoms with Crippen LogP contribution in [0.3, 0.4) is 0 Å². The maximum Gasteiger partial charge on any atom is 0.223 e. The highest BCUT2D eigenvalue weighted by Crippen LogP contribution is 2.11. The van der Waals surface area contributed by atoms with E-state index < -0.39 is 0 Å². The Hall–Kier alpha value is -1.35. The maximum atomic E-state index is 12.1. The van der Waals surface area contributed by atoms with Gasteiger partial charge in [-0.25, -0.2) is 0 Å². The van der Waals surface area contributed by atoms with E-state index in [1.165, 1.54) is 5.56 Å². The van der Waals surface area contributed by atoms with E-state index in [0.717, 1.165) is 25.9 Å². The third-order valence-electron chi connectivity index (χ3n) is 3.42. The molecule has 0 saturated carbocycles. The second kappa shape index (κ2) is 6.55. The summed E-state index contributed by atoms with van der Waals surface area (Å²) in [6, 6.07) is 10.2. The fourth-order valence-corrected chi connectivity index (χ4v) is 2.25. The largest absolute Gasteiger partial charge is 0.375 e. The molecule has 1 aliphatic rings. The van der Waals surface area contributed by atoms with E-state index >= 15 is 0 Å². The number of amides is 1. The Kier molecular flexibility index (Phi) is 4.76. The Labute approximate surface area is 109 Å². The highest BCUT2D eigenvalue weighted by atomic mass is 16.5. The highest BCUT2D eigenvalue weighted by molar-refractivity contribution is 5.76. The van der Waals surface area contributed by atoms with Crippen LogP contribution < -0.4 is 0 Å². The molecule has 0 bridgehead atoms. The zero-order valence-corrected chi connectivity index (χ0v) is 11.0. The molecule has 0 aliphatic carbocycles. The lowest BCUT2D eigenvalue weighted by atomic mass is 10.1. The van der Waals surface area contributed by atoms with Crippen molar-refractivity contribution in [1.29, 1.82) is 0 Å². The van der Waals surface area contributed by atoms with Gasteiger partial charge in [0.2, 0.25) is 5.91 Å². The van der Waals surface area contributed by atoms with E-state index in [0.29, 0.717) is 13.0 Å². The Morgan fingerprint density at radius 3 is 2.89 bits per heavy atom. The van der Waals surface area contributed by atoms with Gasteiger partial charge in [-0.3, -0.25) is 4.79 Å². The second-order valence-electron chi connectivity index (χ2n) is 4.73. The molecule has 1 aromatic rings. The van der Waals surface area contributed by atoms with Crippen LogP contribution in [-0.2, 0) is 16.0 Å². The third-order valence-corrected chi connectivity index (χ3v) is 3.42. The molecule has 1 aromatic carbocycles. The van der Waals surface area contributed by atoms with Crippen LogP contribution in [0.15, 0.2) is 30.3 Å². The summed E-state index contributed by atoms with van der Waals surface area (Å²) >= 11 is 0. The van der Waals surface area contributed by atoms with Gasteiger partial charge >= 0.3 is 0 Å². The van der Waals surface area contributed by atoms with Crippen molar-refractivity contribution in [2.24, 2.45) is 0 Å². The fourth-order valence-electron chi connectivity index (χ4n) is 2.25. The fraction of sp³-hybridized carbons (Fsp3) is 0.533. The van der Waals surface area contributed by atoms with E-state index in [9.17, 15) is 4.79 Å². The van der Waals surface area contributed by atoms with Crippen LogP contribution in [0.1, 0.15) is 25.3 Å². The molecule has 1 unspecified atom stereocenters. The number of aryl methyl sites for hydroxylation is 1. The average Bonchev–Trinajstić information content (AvgIpc) is 2.46. The molecule has 1 amide bonds. The molecule has 0 spiro atoms. The molecule has 1 atom stereocenters. The van der Waals surface area contributed by atoms with Crippen molar-refractivity contribution in [1.82, 2.24) is 4.90 Å². The first kappa shape index (κ1) is 13.1. The summed E-state index contributed by atoms with van der Waals surface area (Å²) in [5, 5.41) is 0. The zero-order chi connectivity index (χ0) is 12.8. The van der Waals surface area contributed by atoms with Crippen LogP contribution in [0.2, 0.25) is 0 Å². The number of morpholine rings is 1. The standard InChI is InChI=1S/C15H21NO2/c1-2-14-12-16(10-11-18-14)15(17)9-8-13-6-4-3-5-7-13/h3-7,14H,2,8-12H2,1H3. The van der Waals surface area contributed by atoms with Gasteiger partial charge in [0.25, 0.3) is 0 Å². The van der Waals surface area contributed by atoms with E-state index in [1.54, 1.807) is 0 Å². The van der Waals surface area contributed by atoms with Crippen LogP contribution in [0.5, 0.6) is 0 Å². The van der Waals surface area contributed by atoms with Crippen molar-refractivity contribution in [3.05, 3.63) is 35.9 Å². The summed E-state index contributed by atoms with van der Waals surface area (Å²) in [7, 11) is 0. The summed E-state index contributed by atoms with van der Waals surface area (Å²) in [6.45, 7) is 4.27. The molecule has 3 heteroatoms. The number of rotatable bonds is 4. The molecule has 3 nitrogen and oxygen atoms in total. The topological polar surface area (TPSA) is 29.5 Å². The maximum absolute atomic E-state index is 12.1. The summed E-state index contributed by atoms with van der Waals surface area (Å²) in [5.41, 5.74) is 1.23. The number of carbonyl (C=O) groups is 1. The first-order chi connectivity index (χ1) is 8.79. The van der Waals surface area contributed by atoms with E-state index in [-0.39, 0.29) is 12.0 Å². The molecule has 1 fully saturated rings. The van der Waals surface area contributed by atoms with E-state index in [4.69, 9.17) is 4.74 Å². The van der Waals surface area contributed by atoms with Crippen molar-refractivity contribution in [2.45, 2.75) is 32.3 Å². The summed E-state index contributed by atoms with van der Waals surface area (Å²) < 4.78 is 5.58. The molecule has 0 N–H and O–H groups in total. The number of carbonyl (C=O) groups excluding carboxylic acids is 1. The summed E-state index contributed by atoms with van der Waals surface area (Å²) in [6.07, 6.45) is 2.62. The predicted molar refractivity (Wildman–Crippen MR) is 71.4 cm³/mol. The molecule has 0 aromatic heterocycles. The lowest BCUT2D eigenvalue weighted by Crippen LogP contribution is -2.45. The van der Waals surface area contributed by atoms with Crippen molar-refractivity contribution in [3.8, 4) is 0 Å². The minimum atomic E-state index is 0.222. The number of nitrogens with zero attached hydrogens (tertiary/aromatic N) is 1. The normalized spacial score (nSPS) is 19.8. The van der Waals surface area contributed by atoms with Gasteiger partial charge in [0, 0.05) is 19.5 Å². The second-order valence-corrected chi connectivity index (χ2v) is 4.73. The van der Waals surface area contributed by atoms with E-state index in [1.807, 2.05) is 23.1 Å². The van der Waals surface area contributed by atoms with Gasteiger partial charge in [-0.2, -0.15) is 0 Å². The van der Waals surface area contributed by atoms with Crippen LogP contribution in [0.4, 0.5) is 0 Å². The molecule has 98 valence electrons. The van der Waals surface area contributed by atoms with Gasteiger partial charge < -0.3 is 9.64 Å². The Balaban J connectivity index is 1.81. The highest BCUT2D eigenvalue weighted by Gasteiger charge is 2.22. The molecular formula is C15H21NO2. The van der Waals surface area contributed by atoms with Gasteiger partial charge in [0.05, 0.1) is 12.7 Å². The number of hydrogen-bond donors (Lipinski definition) is 0. The van der Waals surface area contributed by atoms with Crippen LogP contribution in [0.25, 0.3) is 0 Å². The number of benzene rings is 1. The molecule has 1 aliphatic heterocycles. The lowest BCUT2D eigenvalue weighted by molar-refractivity contribution is -0.138. The molecule has 18 heavy (non-hydrogen) atoms. The van der Waals surface area contributed by atoms with Gasteiger partial charge in [0.1, 0.15) is 0 Å². The molecular weight excluding hydrogens is 226 g/mol. The number of hydrogen-bond acceptors (Lipinski definition) is 2. The first-order valence-electron chi connectivity index (χ1n) is 6.73. The van der Waals surface area contributed by atoms with Crippen molar-refractivity contribution in [3.63, 3.8) is 0 Å². The Morgan fingerprint density at radius 1 is 1.39 bits per heavy atom. The summed E-state index contributed by atoms with van der Waals surface area (Å²) in [5.74, 6) is 0.251. The minimum Gasteiger partial charge on any atom is -0.375 e. The predicted octanol–water partition coefficient (Wildman–Crippen LogP) is 2.26. The van der Waals surface area contributed by atoms with Gasteiger partial charge in [-0.15, -0.1) is 0 Å². The Bertz CT molecular complexity index is 377. The van der Waals surface area contributed by atoms with Gasteiger partial charge in [-0.05, 0) is 18.4 Å². The molecule has 1 heterocycles. The molecule has 1 saturated heterocycles. The van der Waals surface area contributed by atoms with Crippen LogP contribution >= 0.6 is 0 Å². The summed E-state index contributed by atoms with van der Waals surface area (Å²) in [4.78, 5) is 14.0. The van der Waals surface area contributed by atoms with E-state index in [2.05, 4.69) is 19.1 Å². The van der Waals surface area contributed by atoms with Gasteiger partial charge in [-0.1, -0.05) is 37.3 Å². The Morgan fingerprint density at radius 2 is 2.17 bits per heavy atom. The monoisotopic (exact) mass is 247 g/mol. The van der Waals surface area contributed by atoms with Crippen LogP contribution in [0, 0.1) is 0 Å². The zero-order valence-electron chi connectivity index (χ0n) is 11.0. The van der Waals surface area contributed by atoms with Gasteiger partial charge in [0.15, 0.2) is 0 Å². The SMILES string of the molecule is CCC1CN(C(=O)CCc2ccccc2)CCO1. The molecule has 0 radical (unpaired) electrons. The average molecular weight is 247 g/mol. The third kappa shape index (κ3) is 3.57. The minimum absolute atomic E-state index is 0.222. The molecule has 2 rings (SSSR count). The number of ether oxygens (including phenoxy) is 1. The van der Waals surface area contributed by atoms with Crippen molar-refractivity contribution < 1.29 is 9.53 Å². The smallest absolute Gasteiger partial charge is 0.223 e. The van der Waals surface area contributed by atoms with Crippen molar-refractivity contribution >= 4 is 5.91 Å². The van der Waals surface area contributed by atoms with Crippen LogP contribution in [-0.4, -0.2) is 36.6 Å². The first-order valence-corrected chi connectivity index (χ1v) is 6.73. The quantitative estimate of drug-likeness (QED) is 0.816. The van der Waals surface area contributed by atoms with Crippen molar-refractivity contribution in [2.75, 3.05) is 19.7 Å².